The van der Waals surface area contributed by atoms with Crippen molar-refractivity contribution in [1.82, 2.24) is 10.2 Å². The maximum Gasteiger partial charge on any atom is 0.0926 e. The first-order chi connectivity index (χ1) is 7.20. The Morgan fingerprint density at radius 2 is 2.07 bits per heavy atom. The molecule has 1 aromatic heterocycles. The molecule has 3 N–H and O–H groups in total. The average Bonchev–Trinajstić information content (AvgIpc) is 2.66. The van der Waals surface area contributed by atoms with E-state index in [0.29, 0.717) is 6.54 Å². The number of nitrogens with two attached hydrogens (primary N) is 1. The molecule has 15 heavy (non-hydrogen) atoms. The van der Waals surface area contributed by atoms with E-state index in [-0.39, 0.29) is 0 Å². The van der Waals surface area contributed by atoms with Crippen LogP contribution in [0.3, 0.4) is 0 Å². The van der Waals surface area contributed by atoms with Gasteiger partial charge in [-0.05, 0) is 25.5 Å². The lowest BCUT2D eigenvalue weighted by molar-refractivity contribution is 0.948. The number of benzene rings is 1. The van der Waals surface area contributed by atoms with Crippen molar-refractivity contribution < 1.29 is 0 Å². The molecule has 0 atom stereocenters. The van der Waals surface area contributed by atoms with Crippen LogP contribution in [0.1, 0.15) is 16.8 Å². The molecule has 0 unspecified atom stereocenters. The Bertz CT molecular complexity index is 471. The molecule has 0 aliphatic rings. The van der Waals surface area contributed by atoms with Crippen LogP contribution >= 0.6 is 0 Å². The topological polar surface area (TPSA) is 54.7 Å². The highest BCUT2D eigenvalue weighted by Gasteiger charge is 2.05. The average molecular weight is 201 g/mol. The predicted octanol–water partition coefficient (Wildman–Crippen LogP) is 2.15. The third-order valence-corrected chi connectivity index (χ3v) is 2.51. The van der Waals surface area contributed by atoms with E-state index < -0.39 is 0 Å². The number of H-pyrrole nitrogens is 1. The lowest BCUT2D eigenvalue weighted by atomic mass is 10.0. The van der Waals surface area contributed by atoms with Gasteiger partial charge in [0, 0.05) is 17.8 Å². The molecular weight excluding hydrogens is 186 g/mol. The number of hydrogen-bond acceptors (Lipinski definition) is 2. The zero-order chi connectivity index (χ0) is 10.8. The van der Waals surface area contributed by atoms with Crippen molar-refractivity contribution in [2.24, 2.45) is 5.73 Å². The normalized spacial score (nSPS) is 10.6. The number of aromatic amines is 1. The van der Waals surface area contributed by atoms with Crippen LogP contribution in [0.2, 0.25) is 0 Å². The molecule has 0 saturated heterocycles. The Kier molecular flexibility index (Phi) is 2.56. The van der Waals surface area contributed by atoms with E-state index in [1.165, 1.54) is 11.1 Å². The molecule has 0 aliphatic carbocycles. The van der Waals surface area contributed by atoms with E-state index >= 15 is 0 Å². The lowest BCUT2D eigenvalue weighted by Gasteiger charge is -2.02. The summed E-state index contributed by atoms with van der Waals surface area (Å²) in [6.45, 7) is 4.68. The largest absolute Gasteiger partial charge is 0.325 e. The molecule has 0 radical (unpaired) electrons. The van der Waals surface area contributed by atoms with Crippen LogP contribution in [0.25, 0.3) is 11.3 Å². The minimum absolute atomic E-state index is 0.498. The van der Waals surface area contributed by atoms with E-state index in [1.54, 1.807) is 0 Å². The molecular formula is C12H15N3. The highest BCUT2D eigenvalue weighted by atomic mass is 15.1. The van der Waals surface area contributed by atoms with E-state index in [4.69, 9.17) is 5.73 Å². The van der Waals surface area contributed by atoms with Crippen LogP contribution in [-0.4, -0.2) is 10.2 Å². The zero-order valence-electron chi connectivity index (χ0n) is 9.04. The Hall–Kier alpha value is -1.61. The summed E-state index contributed by atoms with van der Waals surface area (Å²) in [5.74, 6) is 0. The maximum absolute atomic E-state index is 5.53. The number of aromatic nitrogens is 2. The summed E-state index contributed by atoms with van der Waals surface area (Å²) >= 11 is 0. The third kappa shape index (κ3) is 1.92. The van der Waals surface area contributed by atoms with Gasteiger partial charge in [0.1, 0.15) is 0 Å². The Morgan fingerprint density at radius 1 is 1.27 bits per heavy atom. The Balaban J connectivity index is 2.44. The molecule has 2 aromatic rings. The van der Waals surface area contributed by atoms with Gasteiger partial charge in [0.2, 0.25) is 0 Å². The van der Waals surface area contributed by atoms with E-state index in [0.717, 1.165) is 17.0 Å². The van der Waals surface area contributed by atoms with Crippen LogP contribution in [0.5, 0.6) is 0 Å². The van der Waals surface area contributed by atoms with Crippen LogP contribution in [-0.2, 0) is 6.54 Å². The van der Waals surface area contributed by atoms with E-state index in [1.807, 2.05) is 6.07 Å². The molecule has 1 heterocycles. The molecule has 0 spiro atoms. The minimum atomic E-state index is 0.498. The second kappa shape index (κ2) is 3.87. The fraction of sp³-hybridized carbons (Fsp3) is 0.250. The van der Waals surface area contributed by atoms with Gasteiger partial charge in [0.25, 0.3) is 0 Å². The lowest BCUT2D eigenvalue weighted by Crippen LogP contribution is -1.95. The molecule has 0 fully saturated rings. The summed E-state index contributed by atoms with van der Waals surface area (Å²) in [4.78, 5) is 0. The summed E-state index contributed by atoms with van der Waals surface area (Å²) < 4.78 is 0. The van der Waals surface area contributed by atoms with Crippen molar-refractivity contribution in [2.75, 3.05) is 0 Å². The Morgan fingerprint density at radius 3 is 2.67 bits per heavy atom. The molecule has 78 valence electrons. The van der Waals surface area contributed by atoms with Gasteiger partial charge in [-0.25, -0.2) is 0 Å². The first-order valence-electron chi connectivity index (χ1n) is 5.02. The fourth-order valence-electron chi connectivity index (χ4n) is 1.71. The van der Waals surface area contributed by atoms with Crippen molar-refractivity contribution >= 4 is 0 Å². The van der Waals surface area contributed by atoms with Crippen LogP contribution in [0, 0.1) is 13.8 Å². The van der Waals surface area contributed by atoms with Gasteiger partial charge >= 0.3 is 0 Å². The second-order valence-electron chi connectivity index (χ2n) is 3.80. The molecule has 1 aromatic carbocycles. The molecule has 3 heteroatoms. The van der Waals surface area contributed by atoms with Gasteiger partial charge in [-0.3, -0.25) is 5.10 Å². The van der Waals surface area contributed by atoms with Crippen LogP contribution in [0.15, 0.2) is 24.3 Å². The maximum atomic E-state index is 5.53. The number of nitrogens with one attached hydrogen (secondary N) is 1. The van der Waals surface area contributed by atoms with Gasteiger partial charge in [-0.1, -0.05) is 23.8 Å². The van der Waals surface area contributed by atoms with Crippen molar-refractivity contribution in [3.63, 3.8) is 0 Å². The highest BCUT2D eigenvalue weighted by Crippen LogP contribution is 2.22. The van der Waals surface area contributed by atoms with Crippen molar-refractivity contribution in [1.29, 1.82) is 0 Å². The zero-order valence-corrected chi connectivity index (χ0v) is 9.04. The van der Waals surface area contributed by atoms with Gasteiger partial charge < -0.3 is 5.73 Å². The summed E-state index contributed by atoms with van der Waals surface area (Å²) in [6, 6.07) is 8.35. The number of rotatable bonds is 2. The molecule has 0 aliphatic heterocycles. The predicted molar refractivity (Wildman–Crippen MR) is 61.4 cm³/mol. The van der Waals surface area contributed by atoms with E-state index in [9.17, 15) is 0 Å². The van der Waals surface area contributed by atoms with E-state index in [2.05, 4.69) is 42.2 Å². The monoisotopic (exact) mass is 201 g/mol. The van der Waals surface area contributed by atoms with Gasteiger partial charge in [-0.15, -0.1) is 0 Å². The standard InChI is InChI=1S/C12H15N3/c1-8-3-4-11(9(2)5-8)12-6-10(7-13)14-15-12/h3-6H,7,13H2,1-2H3,(H,14,15). The SMILES string of the molecule is Cc1ccc(-c2cc(CN)[nH]n2)c(C)c1. The van der Waals surface area contributed by atoms with Gasteiger partial charge in [0.15, 0.2) is 0 Å². The second-order valence-corrected chi connectivity index (χ2v) is 3.80. The number of aryl methyl sites for hydroxylation is 2. The summed E-state index contributed by atoms with van der Waals surface area (Å²) in [6.07, 6.45) is 0. The van der Waals surface area contributed by atoms with Crippen LogP contribution < -0.4 is 5.73 Å². The smallest absolute Gasteiger partial charge is 0.0926 e. The third-order valence-electron chi connectivity index (χ3n) is 2.51. The molecule has 0 saturated carbocycles. The number of hydrogen-bond donors (Lipinski definition) is 2. The van der Waals surface area contributed by atoms with Gasteiger partial charge in [0.05, 0.1) is 5.69 Å². The summed E-state index contributed by atoms with van der Waals surface area (Å²) in [5, 5.41) is 7.16. The molecule has 0 bridgehead atoms. The minimum Gasteiger partial charge on any atom is -0.325 e. The van der Waals surface area contributed by atoms with Crippen molar-refractivity contribution in [3.8, 4) is 11.3 Å². The quantitative estimate of drug-likeness (QED) is 0.782. The van der Waals surface area contributed by atoms with Crippen LogP contribution in [0.4, 0.5) is 0 Å². The Labute approximate surface area is 89.3 Å². The summed E-state index contributed by atoms with van der Waals surface area (Å²) in [5.41, 5.74) is 11.1. The highest BCUT2D eigenvalue weighted by molar-refractivity contribution is 5.64. The first kappa shape index (κ1) is 9.93. The first-order valence-corrected chi connectivity index (χ1v) is 5.02. The van der Waals surface area contributed by atoms with Gasteiger partial charge in [-0.2, -0.15) is 5.10 Å². The fourth-order valence-corrected chi connectivity index (χ4v) is 1.71. The molecule has 3 nitrogen and oxygen atoms in total. The molecule has 0 amide bonds. The van der Waals surface area contributed by atoms with Crippen molar-refractivity contribution in [2.45, 2.75) is 20.4 Å². The summed E-state index contributed by atoms with van der Waals surface area (Å²) in [7, 11) is 0. The van der Waals surface area contributed by atoms with Crippen molar-refractivity contribution in [3.05, 3.63) is 41.1 Å². The number of nitrogens with zero attached hydrogens (tertiary/aromatic N) is 1. The molecule has 2 rings (SSSR count).